The molecule has 1 aromatic rings. The fraction of sp³-hybridized carbons (Fsp3) is 0.571. The first-order valence-corrected chi connectivity index (χ1v) is 8.42. The zero-order chi connectivity index (χ0) is 14.8. The summed E-state index contributed by atoms with van der Waals surface area (Å²) in [7, 11) is -3.42. The molecule has 1 aliphatic rings. The summed E-state index contributed by atoms with van der Waals surface area (Å²) in [5.41, 5.74) is 1.00. The molecule has 0 bridgehead atoms. The minimum Gasteiger partial charge on any atom is -0.393 e. The fourth-order valence-electron chi connectivity index (χ4n) is 2.34. The number of piperidine rings is 1. The number of benzene rings is 1. The number of hydrogen-bond acceptors (Lipinski definition) is 4. The van der Waals surface area contributed by atoms with E-state index < -0.39 is 10.0 Å². The third kappa shape index (κ3) is 3.71. The van der Waals surface area contributed by atoms with Crippen LogP contribution in [0, 0.1) is 0 Å². The van der Waals surface area contributed by atoms with Crippen LogP contribution in [0.4, 0.5) is 5.69 Å². The fourth-order valence-corrected chi connectivity index (χ4v) is 3.59. The smallest absolute Gasteiger partial charge is 0.240 e. The number of hydrogen-bond donors (Lipinski definition) is 2. The highest BCUT2D eigenvalue weighted by atomic mass is 32.2. The molecule has 1 fully saturated rings. The van der Waals surface area contributed by atoms with Crippen LogP contribution in [0.5, 0.6) is 0 Å². The van der Waals surface area contributed by atoms with Gasteiger partial charge in [0.15, 0.2) is 0 Å². The first-order valence-electron chi connectivity index (χ1n) is 6.94. The molecule has 1 aromatic carbocycles. The lowest BCUT2D eigenvalue weighted by Gasteiger charge is -2.31. The molecule has 112 valence electrons. The van der Waals surface area contributed by atoms with Gasteiger partial charge in [0.25, 0.3) is 0 Å². The van der Waals surface area contributed by atoms with E-state index in [1.54, 1.807) is 26.0 Å². The van der Waals surface area contributed by atoms with Gasteiger partial charge in [-0.05, 0) is 51.0 Å². The Morgan fingerprint density at radius 1 is 1.20 bits per heavy atom. The van der Waals surface area contributed by atoms with Gasteiger partial charge in [-0.15, -0.1) is 0 Å². The molecule has 0 radical (unpaired) electrons. The van der Waals surface area contributed by atoms with Crippen LogP contribution in [-0.4, -0.2) is 38.8 Å². The highest BCUT2D eigenvalue weighted by Crippen LogP contribution is 2.22. The van der Waals surface area contributed by atoms with E-state index in [1.165, 1.54) is 0 Å². The van der Waals surface area contributed by atoms with Gasteiger partial charge >= 0.3 is 0 Å². The third-order valence-corrected chi connectivity index (χ3v) is 5.04. The molecule has 0 unspecified atom stereocenters. The van der Waals surface area contributed by atoms with Gasteiger partial charge in [0.1, 0.15) is 0 Å². The van der Waals surface area contributed by atoms with Gasteiger partial charge in [0, 0.05) is 24.8 Å². The normalized spacial score (nSPS) is 17.7. The van der Waals surface area contributed by atoms with Gasteiger partial charge in [-0.2, -0.15) is 0 Å². The Kier molecular flexibility index (Phi) is 4.67. The van der Waals surface area contributed by atoms with E-state index in [-0.39, 0.29) is 17.0 Å². The van der Waals surface area contributed by atoms with Crippen molar-refractivity contribution < 1.29 is 13.5 Å². The molecule has 20 heavy (non-hydrogen) atoms. The number of anilines is 1. The van der Waals surface area contributed by atoms with Crippen LogP contribution < -0.4 is 9.62 Å². The molecule has 6 heteroatoms. The zero-order valence-electron chi connectivity index (χ0n) is 11.9. The number of aliphatic hydroxyl groups excluding tert-OH is 1. The number of nitrogens with one attached hydrogen (secondary N) is 1. The molecule has 2 rings (SSSR count). The topological polar surface area (TPSA) is 69.6 Å². The largest absolute Gasteiger partial charge is 0.393 e. The lowest BCUT2D eigenvalue weighted by atomic mass is 10.1. The molecular weight excluding hydrogens is 276 g/mol. The van der Waals surface area contributed by atoms with E-state index in [2.05, 4.69) is 9.62 Å². The van der Waals surface area contributed by atoms with E-state index in [0.29, 0.717) is 0 Å². The summed E-state index contributed by atoms with van der Waals surface area (Å²) in [4.78, 5) is 2.45. The van der Waals surface area contributed by atoms with Crippen LogP contribution in [0.25, 0.3) is 0 Å². The molecular formula is C14H22N2O3S. The maximum absolute atomic E-state index is 12.0. The summed E-state index contributed by atoms with van der Waals surface area (Å²) in [5, 5.41) is 9.49. The first kappa shape index (κ1) is 15.3. The molecule has 0 saturated carbocycles. The SMILES string of the molecule is CC(C)NS(=O)(=O)c1ccc(N2CCC(O)CC2)cc1. The minimum absolute atomic E-state index is 0.122. The summed E-state index contributed by atoms with van der Waals surface area (Å²) in [6, 6.07) is 6.79. The number of rotatable bonds is 4. The Morgan fingerprint density at radius 2 is 1.75 bits per heavy atom. The molecule has 0 aliphatic carbocycles. The van der Waals surface area contributed by atoms with Crippen LogP contribution in [0.2, 0.25) is 0 Å². The summed E-state index contributed by atoms with van der Waals surface area (Å²) < 4.78 is 26.6. The van der Waals surface area contributed by atoms with Crippen molar-refractivity contribution in [1.82, 2.24) is 4.72 Å². The second-order valence-electron chi connectivity index (χ2n) is 5.49. The van der Waals surface area contributed by atoms with Gasteiger partial charge in [-0.1, -0.05) is 0 Å². The lowest BCUT2D eigenvalue weighted by molar-refractivity contribution is 0.145. The molecule has 0 spiro atoms. The van der Waals surface area contributed by atoms with E-state index in [0.717, 1.165) is 31.6 Å². The van der Waals surface area contributed by atoms with Gasteiger partial charge < -0.3 is 10.0 Å². The number of nitrogens with zero attached hydrogens (tertiary/aromatic N) is 1. The Labute approximate surface area is 120 Å². The van der Waals surface area contributed by atoms with Gasteiger partial charge in [0.2, 0.25) is 10.0 Å². The molecule has 1 heterocycles. The second kappa shape index (κ2) is 6.11. The summed E-state index contributed by atoms with van der Waals surface area (Å²) in [5.74, 6) is 0. The van der Waals surface area contributed by atoms with Crippen LogP contribution >= 0.6 is 0 Å². The van der Waals surface area contributed by atoms with Crippen LogP contribution in [0.15, 0.2) is 29.2 Å². The van der Waals surface area contributed by atoms with E-state index in [9.17, 15) is 13.5 Å². The average Bonchev–Trinajstić information content (AvgIpc) is 2.38. The van der Waals surface area contributed by atoms with Crippen molar-refractivity contribution in [3.63, 3.8) is 0 Å². The molecule has 1 saturated heterocycles. The monoisotopic (exact) mass is 298 g/mol. The van der Waals surface area contributed by atoms with E-state index >= 15 is 0 Å². The molecule has 0 atom stereocenters. The second-order valence-corrected chi connectivity index (χ2v) is 7.20. The van der Waals surface area contributed by atoms with Crippen molar-refractivity contribution in [3.8, 4) is 0 Å². The van der Waals surface area contributed by atoms with E-state index in [4.69, 9.17) is 0 Å². The van der Waals surface area contributed by atoms with Crippen molar-refractivity contribution >= 4 is 15.7 Å². The maximum atomic E-state index is 12.0. The van der Waals surface area contributed by atoms with Gasteiger partial charge in [0.05, 0.1) is 11.0 Å². The molecule has 2 N–H and O–H groups in total. The van der Waals surface area contributed by atoms with Gasteiger partial charge in [-0.3, -0.25) is 0 Å². The summed E-state index contributed by atoms with van der Waals surface area (Å²) in [6.07, 6.45) is 1.31. The number of aliphatic hydroxyl groups is 1. The Bertz CT molecular complexity index is 532. The van der Waals surface area contributed by atoms with Crippen molar-refractivity contribution in [3.05, 3.63) is 24.3 Å². The predicted octanol–water partition coefficient (Wildman–Crippen LogP) is 1.33. The van der Waals surface area contributed by atoms with Crippen molar-refractivity contribution in [1.29, 1.82) is 0 Å². The quantitative estimate of drug-likeness (QED) is 0.880. The molecule has 0 amide bonds. The lowest BCUT2D eigenvalue weighted by Crippen LogP contribution is -2.35. The van der Waals surface area contributed by atoms with Gasteiger partial charge in [-0.25, -0.2) is 13.1 Å². The molecule has 5 nitrogen and oxygen atoms in total. The van der Waals surface area contributed by atoms with Crippen LogP contribution in [0.3, 0.4) is 0 Å². The van der Waals surface area contributed by atoms with E-state index in [1.807, 2.05) is 12.1 Å². The summed E-state index contributed by atoms with van der Waals surface area (Å²) in [6.45, 7) is 5.20. The summed E-state index contributed by atoms with van der Waals surface area (Å²) >= 11 is 0. The molecule has 0 aromatic heterocycles. The number of sulfonamides is 1. The zero-order valence-corrected chi connectivity index (χ0v) is 12.7. The third-order valence-electron chi connectivity index (χ3n) is 3.37. The standard InChI is InChI=1S/C14H22N2O3S/c1-11(2)15-20(18,19)14-5-3-12(4-6-14)16-9-7-13(17)8-10-16/h3-6,11,13,15,17H,7-10H2,1-2H3. The Morgan fingerprint density at radius 3 is 2.25 bits per heavy atom. The maximum Gasteiger partial charge on any atom is 0.240 e. The highest BCUT2D eigenvalue weighted by Gasteiger charge is 2.19. The van der Waals surface area contributed by atoms with Crippen molar-refractivity contribution in [2.75, 3.05) is 18.0 Å². The highest BCUT2D eigenvalue weighted by molar-refractivity contribution is 7.89. The van der Waals surface area contributed by atoms with Crippen LogP contribution in [0.1, 0.15) is 26.7 Å². The first-order chi connectivity index (χ1) is 9.38. The average molecular weight is 298 g/mol. The van der Waals surface area contributed by atoms with Crippen LogP contribution in [-0.2, 0) is 10.0 Å². The molecule has 1 aliphatic heterocycles. The minimum atomic E-state index is -3.42. The predicted molar refractivity (Wildman–Crippen MR) is 79.4 cm³/mol. The van der Waals surface area contributed by atoms with Crippen molar-refractivity contribution in [2.24, 2.45) is 0 Å². The Balaban J connectivity index is 2.10. The Hall–Kier alpha value is -1.11. The van der Waals surface area contributed by atoms with Crippen molar-refractivity contribution in [2.45, 2.75) is 43.7 Å².